The van der Waals surface area contributed by atoms with Gasteiger partial charge < -0.3 is 15.1 Å². The third-order valence-corrected chi connectivity index (χ3v) is 0.865. The third kappa shape index (κ3) is 9.09. The van der Waals surface area contributed by atoms with Gasteiger partial charge in [0.25, 0.3) is 0 Å². The molecule has 0 saturated carbocycles. The molecule has 1 rings (SSSR count). The van der Waals surface area contributed by atoms with Crippen LogP contribution in [0.5, 0.6) is 0 Å². The minimum absolute atomic E-state index is 2.00. The van der Waals surface area contributed by atoms with Crippen LogP contribution < -0.4 is 4.57 Å². The zero-order valence-electron chi connectivity index (χ0n) is 6.25. The molecule has 60 valence electrons. The molecular weight excluding hydrogens is 145 g/mol. The number of aromatic nitrogens is 1. The second-order valence-corrected chi connectivity index (χ2v) is 1.89. The van der Waals surface area contributed by atoms with E-state index in [0.717, 1.165) is 0 Å². The minimum Gasteiger partial charge on any atom is -0.402 e. The fraction of sp³-hybridized carbons (Fsp3) is 0.167. The number of hydrogen-bond donors (Lipinski definition) is 3. The first-order valence-electron chi connectivity index (χ1n) is 3.07. The maximum atomic E-state index is 7.17. The van der Waals surface area contributed by atoms with Crippen LogP contribution in [0.15, 0.2) is 30.6 Å². The fourth-order valence-electron chi connectivity index (χ4n) is 0.485. The molecule has 3 N–H and O–H groups in total. The van der Waals surface area contributed by atoms with Gasteiger partial charge in [0.2, 0.25) is 0 Å². The monoisotopic (exact) mass is 156 g/mol. The van der Waals surface area contributed by atoms with Crippen molar-refractivity contribution >= 4 is 7.32 Å². The van der Waals surface area contributed by atoms with Crippen LogP contribution in [0.4, 0.5) is 0 Å². The summed E-state index contributed by atoms with van der Waals surface area (Å²) in [5, 5.41) is 21.5. The van der Waals surface area contributed by atoms with Gasteiger partial charge in [0.1, 0.15) is 7.05 Å². The molecule has 0 amide bonds. The topological polar surface area (TPSA) is 64.6 Å². The van der Waals surface area contributed by atoms with Crippen LogP contribution in [0.1, 0.15) is 0 Å². The summed E-state index contributed by atoms with van der Waals surface area (Å²) in [6.45, 7) is 0. The Kier molecular flexibility index (Phi) is 5.37. The van der Waals surface area contributed by atoms with Gasteiger partial charge in [-0.15, -0.1) is 0 Å². The van der Waals surface area contributed by atoms with Crippen molar-refractivity contribution in [2.45, 2.75) is 0 Å². The Hall–Kier alpha value is -0.905. The molecule has 4 nitrogen and oxygen atoms in total. The molecule has 1 aromatic rings. The molecule has 0 unspecified atom stereocenters. The van der Waals surface area contributed by atoms with Gasteiger partial charge in [-0.05, 0) is 0 Å². The van der Waals surface area contributed by atoms with E-state index in [2.05, 4.69) is 0 Å². The van der Waals surface area contributed by atoms with Gasteiger partial charge in [-0.2, -0.15) is 0 Å². The molecule has 0 saturated heterocycles. The Morgan fingerprint density at radius 3 is 1.55 bits per heavy atom. The second kappa shape index (κ2) is 5.85. The standard InChI is InChI=1S/C6H8N.BH3O3/c1-7-5-3-2-4-6-7;2-1(3)4/h2-6H,1H3;2-4H/q+1;. The van der Waals surface area contributed by atoms with Gasteiger partial charge in [0.15, 0.2) is 12.4 Å². The van der Waals surface area contributed by atoms with Gasteiger partial charge in [0, 0.05) is 12.1 Å². The van der Waals surface area contributed by atoms with Crippen LogP contribution in [0.25, 0.3) is 0 Å². The van der Waals surface area contributed by atoms with Gasteiger partial charge in [-0.3, -0.25) is 0 Å². The summed E-state index contributed by atoms with van der Waals surface area (Å²) in [7, 11) is -0.167. The summed E-state index contributed by atoms with van der Waals surface area (Å²) in [6, 6.07) is 6.00. The SMILES string of the molecule is C[n+]1ccccc1.OB(O)O. The van der Waals surface area contributed by atoms with Crippen molar-refractivity contribution in [3.63, 3.8) is 0 Å². The molecule has 0 fully saturated rings. The van der Waals surface area contributed by atoms with Crippen LogP contribution in [-0.2, 0) is 7.05 Å². The van der Waals surface area contributed by atoms with Crippen LogP contribution in [0, 0.1) is 0 Å². The van der Waals surface area contributed by atoms with Crippen molar-refractivity contribution in [3.05, 3.63) is 30.6 Å². The van der Waals surface area contributed by atoms with Crippen LogP contribution in [-0.4, -0.2) is 22.4 Å². The lowest BCUT2D eigenvalue weighted by atomic mass is 10.3. The van der Waals surface area contributed by atoms with E-state index in [0.29, 0.717) is 0 Å². The van der Waals surface area contributed by atoms with Crippen LogP contribution in [0.3, 0.4) is 0 Å². The first-order valence-corrected chi connectivity index (χ1v) is 3.07. The molecular formula is C6H11BNO3+. The lowest BCUT2D eigenvalue weighted by molar-refractivity contribution is -0.671. The Morgan fingerprint density at radius 2 is 1.36 bits per heavy atom. The highest BCUT2D eigenvalue weighted by Crippen LogP contribution is 1.71. The van der Waals surface area contributed by atoms with Crippen molar-refractivity contribution in [1.82, 2.24) is 0 Å². The molecule has 0 radical (unpaired) electrons. The second-order valence-electron chi connectivity index (χ2n) is 1.89. The molecule has 1 heterocycles. The Morgan fingerprint density at radius 1 is 1.00 bits per heavy atom. The highest BCUT2D eigenvalue weighted by Gasteiger charge is 1.92. The number of rotatable bonds is 0. The average molecular weight is 156 g/mol. The zero-order chi connectivity index (χ0) is 8.69. The van der Waals surface area contributed by atoms with Crippen molar-refractivity contribution in [1.29, 1.82) is 0 Å². The molecule has 0 aliphatic rings. The Labute approximate surface area is 65.5 Å². The van der Waals surface area contributed by atoms with Gasteiger partial charge >= 0.3 is 7.32 Å². The summed E-state index contributed by atoms with van der Waals surface area (Å²) in [5.41, 5.74) is 0. The van der Waals surface area contributed by atoms with E-state index in [-0.39, 0.29) is 0 Å². The maximum Gasteiger partial charge on any atom is 0.631 e. The molecule has 0 aliphatic carbocycles. The lowest BCUT2D eigenvalue weighted by Gasteiger charge is -1.77. The zero-order valence-corrected chi connectivity index (χ0v) is 6.25. The number of hydrogen-bond acceptors (Lipinski definition) is 3. The molecule has 0 spiro atoms. The smallest absolute Gasteiger partial charge is 0.402 e. The van der Waals surface area contributed by atoms with E-state index < -0.39 is 7.32 Å². The lowest BCUT2D eigenvalue weighted by Crippen LogP contribution is -2.25. The van der Waals surface area contributed by atoms with Crippen LogP contribution in [0.2, 0.25) is 0 Å². The van der Waals surface area contributed by atoms with Crippen molar-refractivity contribution in [2.75, 3.05) is 0 Å². The number of pyridine rings is 1. The summed E-state index contributed by atoms with van der Waals surface area (Å²) in [4.78, 5) is 0. The molecule has 5 heteroatoms. The molecule has 0 bridgehead atoms. The quantitative estimate of drug-likeness (QED) is 0.315. The van der Waals surface area contributed by atoms with Gasteiger partial charge in [-0.1, -0.05) is 6.07 Å². The summed E-state index contributed by atoms with van der Waals surface area (Å²) in [6.07, 6.45) is 4.00. The van der Waals surface area contributed by atoms with Crippen molar-refractivity contribution in [3.8, 4) is 0 Å². The number of aryl methyl sites for hydroxylation is 1. The van der Waals surface area contributed by atoms with Crippen LogP contribution >= 0.6 is 0 Å². The van der Waals surface area contributed by atoms with E-state index in [4.69, 9.17) is 15.1 Å². The molecule has 11 heavy (non-hydrogen) atoms. The maximum absolute atomic E-state index is 7.17. The molecule has 1 aromatic heterocycles. The summed E-state index contributed by atoms with van der Waals surface area (Å²) in [5.74, 6) is 0. The van der Waals surface area contributed by atoms with Crippen molar-refractivity contribution < 1.29 is 19.6 Å². The van der Waals surface area contributed by atoms with Crippen molar-refractivity contribution in [2.24, 2.45) is 7.05 Å². The average Bonchev–Trinajstić information content (AvgIpc) is 1.87. The predicted octanol–water partition coefficient (Wildman–Crippen LogP) is -1.54. The molecule has 0 aliphatic heterocycles. The normalized spacial score (nSPS) is 8.00. The Bertz CT molecular complexity index is 178. The highest BCUT2D eigenvalue weighted by molar-refractivity contribution is 6.30. The molecule has 0 aromatic carbocycles. The van der Waals surface area contributed by atoms with E-state index in [1.54, 1.807) is 0 Å². The number of nitrogens with zero attached hydrogens (tertiary/aromatic N) is 1. The largest absolute Gasteiger partial charge is 0.631 e. The summed E-state index contributed by atoms with van der Waals surface area (Å²) < 4.78 is 2.00. The van der Waals surface area contributed by atoms with E-state index in [1.807, 2.05) is 42.2 Å². The van der Waals surface area contributed by atoms with E-state index >= 15 is 0 Å². The molecule has 0 atom stereocenters. The predicted molar refractivity (Wildman–Crippen MR) is 40.0 cm³/mol. The third-order valence-electron chi connectivity index (χ3n) is 0.865. The highest BCUT2D eigenvalue weighted by atomic mass is 16.5. The van der Waals surface area contributed by atoms with Gasteiger partial charge in [0.05, 0.1) is 0 Å². The van der Waals surface area contributed by atoms with Gasteiger partial charge in [-0.25, -0.2) is 4.57 Å². The first-order chi connectivity index (χ1) is 5.13. The fourth-order valence-corrected chi connectivity index (χ4v) is 0.485. The van der Waals surface area contributed by atoms with E-state index in [9.17, 15) is 0 Å². The van der Waals surface area contributed by atoms with E-state index in [1.165, 1.54) is 0 Å². The Balaban J connectivity index is 0.000000218. The first kappa shape index (κ1) is 10.1. The minimum atomic E-state index is -2.17. The summed E-state index contributed by atoms with van der Waals surface area (Å²) >= 11 is 0.